The molecule has 0 aromatic carbocycles. The molecule has 0 radical (unpaired) electrons. The molecular weight excluding hydrogens is 277 g/mol. The number of hydrogen-bond acceptors (Lipinski definition) is 4. The first-order valence-corrected chi connectivity index (χ1v) is 7.15. The van der Waals surface area contributed by atoms with E-state index in [0.29, 0.717) is 22.8 Å². The van der Waals surface area contributed by atoms with E-state index in [1.165, 1.54) is 6.20 Å². The summed E-state index contributed by atoms with van der Waals surface area (Å²) in [6.45, 7) is 4.59. The highest BCUT2D eigenvalue weighted by atomic mass is 32.1. The fourth-order valence-corrected chi connectivity index (χ4v) is 3.19. The van der Waals surface area contributed by atoms with E-state index in [2.05, 4.69) is 10.3 Å². The summed E-state index contributed by atoms with van der Waals surface area (Å²) in [5.41, 5.74) is 0. The van der Waals surface area contributed by atoms with Crippen molar-refractivity contribution in [2.75, 3.05) is 6.54 Å². The topological polar surface area (TPSA) is 34.2 Å². The zero-order valence-corrected chi connectivity index (χ0v) is 11.6. The Labute approximate surface area is 114 Å². The van der Waals surface area contributed by atoms with E-state index in [1.54, 1.807) is 0 Å². The van der Waals surface area contributed by atoms with Crippen LogP contribution >= 0.6 is 11.3 Å². The van der Waals surface area contributed by atoms with Gasteiger partial charge in [0.05, 0.1) is 18.2 Å². The van der Waals surface area contributed by atoms with Crippen molar-refractivity contribution in [3.05, 3.63) is 16.1 Å². The summed E-state index contributed by atoms with van der Waals surface area (Å²) in [5.74, 6) is 0. The molecule has 1 aromatic heterocycles. The Balaban J connectivity index is 2.17. The fraction of sp³-hybridized carbons (Fsp3) is 0.750. The van der Waals surface area contributed by atoms with Crippen LogP contribution in [0.3, 0.4) is 0 Å². The van der Waals surface area contributed by atoms with Gasteiger partial charge in [0.15, 0.2) is 5.01 Å². The molecule has 1 saturated heterocycles. The minimum Gasteiger partial charge on any atom is -0.373 e. The van der Waals surface area contributed by atoms with Gasteiger partial charge in [0, 0.05) is 11.1 Å². The van der Waals surface area contributed by atoms with Crippen LogP contribution in [0.5, 0.6) is 0 Å². The first kappa shape index (κ1) is 14.7. The highest BCUT2D eigenvalue weighted by Gasteiger charge is 2.37. The molecule has 1 N–H and O–H groups in total. The molecule has 19 heavy (non-hydrogen) atoms. The molecule has 3 atom stereocenters. The maximum absolute atomic E-state index is 12.6. The summed E-state index contributed by atoms with van der Waals surface area (Å²) in [6, 6.07) is -0.205. The van der Waals surface area contributed by atoms with E-state index in [0.717, 1.165) is 12.8 Å². The van der Waals surface area contributed by atoms with Crippen molar-refractivity contribution in [2.24, 2.45) is 0 Å². The quantitative estimate of drug-likeness (QED) is 0.924. The number of aromatic nitrogens is 1. The number of halogens is 3. The Kier molecular flexibility index (Phi) is 4.47. The van der Waals surface area contributed by atoms with Gasteiger partial charge in [-0.2, -0.15) is 13.2 Å². The number of nitrogens with one attached hydrogen (secondary N) is 1. The second kappa shape index (κ2) is 5.76. The van der Waals surface area contributed by atoms with Gasteiger partial charge in [-0.15, -0.1) is 11.3 Å². The Morgan fingerprint density at radius 2 is 2.26 bits per heavy atom. The largest absolute Gasteiger partial charge is 0.443 e. The van der Waals surface area contributed by atoms with Crippen molar-refractivity contribution < 1.29 is 17.9 Å². The van der Waals surface area contributed by atoms with E-state index >= 15 is 0 Å². The first-order chi connectivity index (χ1) is 8.91. The van der Waals surface area contributed by atoms with Gasteiger partial charge in [0.25, 0.3) is 0 Å². The SMILES string of the molecule is CCNC(c1cnc(C(F)(F)F)s1)C1CCC(C)O1. The van der Waals surface area contributed by atoms with Crippen molar-refractivity contribution in [3.8, 4) is 0 Å². The van der Waals surface area contributed by atoms with Crippen LogP contribution in [0.25, 0.3) is 0 Å². The van der Waals surface area contributed by atoms with Crippen molar-refractivity contribution in [2.45, 2.75) is 51.1 Å². The summed E-state index contributed by atoms with van der Waals surface area (Å²) in [5, 5.41) is 2.41. The molecule has 0 aliphatic carbocycles. The summed E-state index contributed by atoms with van der Waals surface area (Å²) in [4.78, 5) is 4.07. The maximum atomic E-state index is 12.6. The van der Waals surface area contributed by atoms with Crippen LogP contribution in [0.15, 0.2) is 6.20 Å². The third-order valence-corrected chi connectivity index (χ3v) is 4.26. The van der Waals surface area contributed by atoms with Crippen molar-refractivity contribution >= 4 is 11.3 Å². The van der Waals surface area contributed by atoms with Crippen molar-refractivity contribution in [3.63, 3.8) is 0 Å². The normalized spacial score (nSPS) is 25.7. The maximum Gasteiger partial charge on any atom is 0.443 e. The number of alkyl halides is 3. The molecule has 3 unspecified atom stereocenters. The van der Waals surface area contributed by atoms with E-state index in [9.17, 15) is 13.2 Å². The highest BCUT2D eigenvalue weighted by molar-refractivity contribution is 7.11. The molecule has 0 saturated carbocycles. The first-order valence-electron chi connectivity index (χ1n) is 6.33. The van der Waals surface area contributed by atoms with Gasteiger partial charge >= 0.3 is 6.18 Å². The number of hydrogen-bond donors (Lipinski definition) is 1. The van der Waals surface area contributed by atoms with Gasteiger partial charge < -0.3 is 10.1 Å². The minimum atomic E-state index is -4.37. The number of likely N-dealkylation sites (N-methyl/N-ethyl adjacent to an activating group) is 1. The third kappa shape index (κ3) is 3.46. The van der Waals surface area contributed by atoms with Crippen LogP contribution in [0.1, 0.15) is 42.6 Å². The number of ether oxygens (including phenoxy) is 1. The summed E-state index contributed by atoms with van der Waals surface area (Å²) in [7, 11) is 0. The standard InChI is InChI=1S/C12H17F3N2OS/c1-3-16-10(8-5-4-7(2)18-8)9-6-17-11(19-9)12(13,14)15/h6-8,10,16H,3-5H2,1-2H3. The van der Waals surface area contributed by atoms with Crippen LogP contribution < -0.4 is 5.32 Å². The predicted molar refractivity (Wildman–Crippen MR) is 67.1 cm³/mol. The van der Waals surface area contributed by atoms with Crippen LogP contribution in [-0.2, 0) is 10.9 Å². The van der Waals surface area contributed by atoms with Crippen molar-refractivity contribution in [1.82, 2.24) is 10.3 Å². The predicted octanol–water partition coefficient (Wildman–Crippen LogP) is 3.38. The molecule has 3 nitrogen and oxygen atoms in total. The van der Waals surface area contributed by atoms with Crippen LogP contribution in [0.4, 0.5) is 13.2 Å². The lowest BCUT2D eigenvalue weighted by molar-refractivity contribution is -0.137. The molecule has 2 heterocycles. The van der Waals surface area contributed by atoms with Gasteiger partial charge in [-0.3, -0.25) is 0 Å². The van der Waals surface area contributed by atoms with Crippen LogP contribution in [0, 0.1) is 0 Å². The zero-order valence-electron chi connectivity index (χ0n) is 10.8. The van der Waals surface area contributed by atoms with Gasteiger partial charge in [-0.05, 0) is 26.3 Å². The molecular formula is C12H17F3N2OS. The average Bonchev–Trinajstić information content (AvgIpc) is 2.93. The van der Waals surface area contributed by atoms with E-state index in [4.69, 9.17) is 4.74 Å². The van der Waals surface area contributed by atoms with E-state index in [-0.39, 0.29) is 18.2 Å². The van der Waals surface area contributed by atoms with E-state index < -0.39 is 11.2 Å². The molecule has 0 amide bonds. The molecule has 0 spiro atoms. The number of rotatable bonds is 4. The fourth-order valence-electron chi connectivity index (χ4n) is 2.28. The lowest BCUT2D eigenvalue weighted by Crippen LogP contribution is -2.31. The molecule has 1 fully saturated rings. The Hall–Kier alpha value is -0.660. The molecule has 2 rings (SSSR count). The van der Waals surface area contributed by atoms with Gasteiger partial charge in [-0.1, -0.05) is 6.92 Å². The molecule has 0 bridgehead atoms. The second-order valence-electron chi connectivity index (χ2n) is 4.66. The van der Waals surface area contributed by atoms with Crippen LogP contribution in [0.2, 0.25) is 0 Å². The van der Waals surface area contributed by atoms with Gasteiger partial charge in [0.1, 0.15) is 0 Å². The zero-order chi connectivity index (χ0) is 14.0. The molecule has 1 aromatic rings. The molecule has 1 aliphatic rings. The summed E-state index contributed by atoms with van der Waals surface area (Å²) < 4.78 is 43.5. The minimum absolute atomic E-state index is 0.0727. The van der Waals surface area contributed by atoms with Crippen molar-refractivity contribution in [1.29, 1.82) is 0 Å². The third-order valence-electron chi connectivity index (χ3n) is 3.13. The van der Waals surface area contributed by atoms with E-state index in [1.807, 2.05) is 13.8 Å². The monoisotopic (exact) mass is 294 g/mol. The lowest BCUT2D eigenvalue weighted by atomic mass is 10.1. The molecule has 1 aliphatic heterocycles. The number of nitrogens with zero attached hydrogens (tertiary/aromatic N) is 1. The Bertz CT molecular complexity index is 421. The smallest absolute Gasteiger partial charge is 0.373 e. The average molecular weight is 294 g/mol. The second-order valence-corrected chi connectivity index (χ2v) is 5.73. The Morgan fingerprint density at radius 3 is 2.74 bits per heavy atom. The lowest BCUT2D eigenvalue weighted by Gasteiger charge is -2.23. The van der Waals surface area contributed by atoms with Gasteiger partial charge in [-0.25, -0.2) is 4.98 Å². The molecule has 108 valence electrons. The Morgan fingerprint density at radius 1 is 1.53 bits per heavy atom. The van der Waals surface area contributed by atoms with Gasteiger partial charge in [0.2, 0.25) is 0 Å². The molecule has 7 heteroatoms. The van der Waals surface area contributed by atoms with Crippen LogP contribution in [-0.4, -0.2) is 23.7 Å². The highest BCUT2D eigenvalue weighted by Crippen LogP contribution is 2.37. The summed E-state index contributed by atoms with van der Waals surface area (Å²) in [6.07, 6.45) is -1.16. The summed E-state index contributed by atoms with van der Waals surface area (Å²) >= 11 is 0.697. The number of thiazole rings is 1.